The number of hydrogen-bond donors (Lipinski definition) is 0. The van der Waals surface area contributed by atoms with Gasteiger partial charge in [-0.15, -0.1) is 0 Å². The Morgan fingerprint density at radius 2 is 1.80 bits per heavy atom. The molecule has 0 aromatic heterocycles. The molecule has 0 spiro atoms. The molecule has 1 atom stereocenters. The van der Waals surface area contributed by atoms with Gasteiger partial charge in [0, 0.05) is 6.61 Å². The largest absolute Gasteiger partial charge is 0.496 e. The minimum atomic E-state index is -0.162. The summed E-state index contributed by atoms with van der Waals surface area (Å²) in [6.07, 6.45) is -0.162. The Morgan fingerprint density at radius 3 is 2.40 bits per heavy atom. The van der Waals surface area contributed by atoms with E-state index in [1.165, 1.54) is 0 Å². The first kappa shape index (κ1) is 14.4. The highest BCUT2D eigenvalue weighted by Gasteiger charge is 1.99. The van der Waals surface area contributed by atoms with Crippen molar-refractivity contribution in [1.29, 1.82) is 0 Å². The highest BCUT2D eigenvalue weighted by molar-refractivity contribution is 4.72. The quantitative estimate of drug-likeness (QED) is 0.319. The number of ether oxygens (including phenoxy) is 4. The van der Waals surface area contributed by atoms with E-state index < -0.39 is 0 Å². The number of rotatable bonds is 10. The molecule has 15 heavy (non-hydrogen) atoms. The molecular weight excluding hydrogens is 196 g/mol. The maximum Gasteiger partial charge on any atom is 0.154 e. The van der Waals surface area contributed by atoms with E-state index in [2.05, 4.69) is 6.58 Å². The van der Waals surface area contributed by atoms with E-state index in [4.69, 9.17) is 18.9 Å². The Morgan fingerprint density at radius 1 is 1.13 bits per heavy atom. The molecule has 0 saturated carbocycles. The van der Waals surface area contributed by atoms with Crippen molar-refractivity contribution >= 4 is 0 Å². The van der Waals surface area contributed by atoms with Gasteiger partial charge in [0.15, 0.2) is 6.29 Å². The van der Waals surface area contributed by atoms with Gasteiger partial charge in [-0.25, -0.2) is 0 Å². The van der Waals surface area contributed by atoms with Crippen LogP contribution in [0.3, 0.4) is 0 Å². The summed E-state index contributed by atoms with van der Waals surface area (Å²) in [6, 6.07) is 0. The van der Waals surface area contributed by atoms with Crippen molar-refractivity contribution in [2.45, 2.75) is 27.1 Å². The summed E-state index contributed by atoms with van der Waals surface area (Å²) < 4.78 is 20.9. The van der Waals surface area contributed by atoms with Crippen LogP contribution in [0.1, 0.15) is 20.8 Å². The van der Waals surface area contributed by atoms with Gasteiger partial charge in [0.05, 0.1) is 25.6 Å². The first-order chi connectivity index (χ1) is 7.16. The minimum absolute atomic E-state index is 0.162. The molecule has 90 valence electrons. The van der Waals surface area contributed by atoms with Crippen molar-refractivity contribution in [2.75, 3.05) is 33.0 Å². The zero-order valence-electron chi connectivity index (χ0n) is 9.95. The molecule has 0 aromatic carbocycles. The van der Waals surface area contributed by atoms with Crippen molar-refractivity contribution < 1.29 is 18.9 Å². The van der Waals surface area contributed by atoms with Crippen LogP contribution in [0.4, 0.5) is 0 Å². The summed E-state index contributed by atoms with van der Waals surface area (Å²) in [5.74, 6) is 0.708. The van der Waals surface area contributed by atoms with Crippen molar-refractivity contribution in [1.82, 2.24) is 0 Å². The van der Waals surface area contributed by atoms with Gasteiger partial charge >= 0.3 is 0 Å². The molecular formula is C11H22O4. The molecule has 0 aliphatic heterocycles. The van der Waals surface area contributed by atoms with Crippen molar-refractivity contribution in [3.8, 4) is 0 Å². The lowest BCUT2D eigenvalue weighted by molar-refractivity contribution is -0.136. The van der Waals surface area contributed by atoms with Crippen LogP contribution in [0.2, 0.25) is 0 Å². The van der Waals surface area contributed by atoms with Crippen LogP contribution >= 0.6 is 0 Å². The molecule has 0 amide bonds. The summed E-state index contributed by atoms with van der Waals surface area (Å²) >= 11 is 0. The number of allylic oxidation sites excluding steroid dienone is 1. The molecule has 0 N–H and O–H groups in total. The maximum absolute atomic E-state index is 5.30. The Hall–Kier alpha value is -0.580. The van der Waals surface area contributed by atoms with Gasteiger partial charge in [-0.05, 0) is 20.8 Å². The van der Waals surface area contributed by atoms with Crippen LogP contribution in [0.15, 0.2) is 12.3 Å². The predicted octanol–water partition coefficient (Wildman–Crippen LogP) is 1.95. The third kappa shape index (κ3) is 11.3. The van der Waals surface area contributed by atoms with E-state index in [9.17, 15) is 0 Å². The van der Waals surface area contributed by atoms with Crippen molar-refractivity contribution in [3.63, 3.8) is 0 Å². The SMILES string of the molecule is C=C(C)OCCOCCOC(C)OCC. The molecule has 0 rings (SSSR count). The Bertz CT molecular complexity index is 159. The topological polar surface area (TPSA) is 36.9 Å². The molecule has 1 unspecified atom stereocenters. The fraction of sp³-hybridized carbons (Fsp3) is 0.818. The van der Waals surface area contributed by atoms with E-state index in [0.717, 1.165) is 0 Å². The Kier molecular flexibility index (Phi) is 9.57. The van der Waals surface area contributed by atoms with E-state index in [1.807, 2.05) is 20.8 Å². The smallest absolute Gasteiger partial charge is 0.154 e. The van der Waals surface area contributed by atoms with Gasteiger partial charge in [-0.2, -0.15) is 0 Å². The van der Waals surface area contributed by atoms with E-state index in [0.29, 0.717) is 38.8 Å². The second-order valence-electron chi connectivity index (χ2n) is 3.06. The molecule has 0 fully saturated rings. The Balaban J connectivity index is 3.07. The molecule has 0 radical (unpaired) electrons. The average Bonchev–Trinajstić information content (AvgIpc) is 2.16. The fourth-order valence-corrected chi connectivity index (χ4v) is 0.933. The van der Waals surface area contributed by atoms with E-state index in [-0.39, 0.29) is 6.29 Å². The summed E-state index contributed by atoms with van der Waals surface area (Å²) in [4.78, 5) is 0. The van der Waals surface area contributed by atoms with E-state index in [1.54, 1.807) is 0 Å². The van der Waals surface area contributed by atoms with Crippen LogP contribution in [0.5, 0.6) is 0 Å². The first-order valence-electron chi connectivity index (χ1n) is 5.26. The standard InChI is InChI=1S/C11H22O4/c1-5-13-11(4)15-9-7-12-6-8-14-10(2)3/h11H,2,5-9H2,1,3-4H3. The van der Waals surface area contributed by atoms with Crippen molar-refractivity contribution in [3.05, 3.63) is 12.3 Å². The molecule has 0 aliphatic carbocycles. The Labute approximate surface area is 92.2 Å². The van der Waals surface area contributed by atoms with Crippen LogP contribution in [-0.2, 0) is 18.9 Å². The third-order valence-electron chi connectivity index (χ3n) is 1.56. The van der Waals surface area contributed by atoms with Crippen LogP contribution in [0.25, 0.3) is 0 Å². The maximum atomic E-state index is 5.30. The van der Waals surface area contributed by atoms with Crippen molar-refractivity contribution in [2.24, 2.45) is 0 Å². The van der Waals surface area contributed by atoms with Crippen LogP contribution < -0.4 is 0 Å². The second-order valence-corrected chi connectivity index (χ2v) is 3.06. The molecule has 4 nitrogen and oxygen atoms in total. The highest BCUT2D eigenvalue weighted by atomic mass is 16.7. The molecule has 0 aromatic rings. The molecule has 4 heteroatoms. The summed E-state index contributed by atoms with van der Waals surface area (Å²) in [5, 5.41) is 0. The van der Waals surface area contributed by atoms with Gasteiger partial charge in [-0.1, -0.05) is 6.58 Å². The zero-order chi connectivity index (χ0) is 11.5. The highest BCUT2D eigenvalue weighted by Crippen LogP contribution is 1.93. The van der Waals surface area contributed by atoms with Crippen LogP contribution in [-0.4, -0.2) is 39.3 Å². The summed E-state index contributed by atoms with van der Waals surface area (Å²) in [6.45, 7) is 12.1. The fourth-order valence-electron chi connectivity index (χ4n) is 0.933. The second kappa shape index (κ2) is 9.96. The lowest BCUT2D eigenvalue weighted by atomic mass is 10.6. The van der Waals surface area contributed by atoms with Gasteiger partial charge in [0.2, 0.25) is 0 Å². The molecule has 0 aliphatic rings. The molecule has 0 heterocycles. The van der Waals surface area contributed by atoms with Gasteiger partial charge in [-0.3, -0.25) is 0 Å². The van der Waals surface area contributed by atoms with Gasteiger partial charge in [0.1, 0.15) is 6.61 Å². The molecule has 0 bridgehead atoms. The summed E-state index contributed by atoms with van der Waals surface area (Å²) in [5.41, 5.74) is 0. The lowest BCUT2D eigenvalue weighted by Gasteiger charge is -2.12. The zero-order valence-corrected chi connectivity index (χ0v) is 9.95. The number of hydrogen-bond acceptors (Lipinski definition) is 4. The first-order valence-corrected chi connectivity index (χ1v) is 5.26. The monoisotopic (exact) mass is 218 g/mol. The normalized spacial score (nSPS) is 12.5. The van der Waals surface area contributed by atoms with Crippen LogP contribution in [0, 0.1) is 0 Å². The third-order valence-corrected chi connectivity index (χ3v) is 1.56. The predicted molar refractivity (Wildman–Crippen MR) is 58.6 cm³/mol. The van der Waals surface area contributed by atoms with E-state index >= 15 is 0 Å². The minimum Gasteiger partial charge on any atom is -0.496 e. The molecule has 0 saturated heterocycles. The van der Waals surface area contributed by atoms with Gasteiger partial charge < -0.3 is 18.9 Å². The summed E-state index contributed by atoms with van der Waals surface area (Å²) in [7, 11) is 0. The lowest BCUT2D eigenvalue weighted by Crippen LogP contribution is -2.17. The average molecular weight is 218 g/mol. The van der Waals surface area contributed by atoms with Gasteiger partial charge in [0.25, 0.3) is 0 Å².